The van der Waals surface area contributed by atoms with Crippen molar-refractivity contribution < 1.29 is 0 Å². The lowest BCUT2D eigenvalue weighted by atomic mass is 10.3. The van der Waals surface area contributed by atoms with Gasteiger partial charge in [-0.25, -0.2) is 0 Å². The maximum Gasteiger partial charge on any atom is 0.139 e. The van der Waals surface area contributed by atoms with Crippen LogP contribution >= 0.6 is 11.8 Å². The average molecular weight is 312 g/mol. The molecule has 3 heteroatoms. The SMILES string of the molecule is C[Si](C)(C)C#CC(Nc1ccccc1)Sc1ccccc1. The maximum absolute atomic E-state index is 3.51. The highest BCUT2D eigenvalue weighted by molar-refractivity contribution is 8.00. The molecular formula is C18H21NSSi. The van der Waals surface area contributed by atoms with Gasteiger partial charge in [0.05, 0.1) is 0 Å². The van der Waals surface area contributed by atoms with E-state index in [0.717, 1.165) is 5.69 Å². The van der Waals surface area contributed by atoms with Gasteiger partial charge in [0, 0.05) is 10.6 Å². The van der Waals surface area contributed by atoms with Crippen LogP contribution in [-0.4, -0.2) is 13.4 Å². The van der Waals surface area contributed by atoms with E-state index in [4.69, 9.17) is 0 Å². The fourth-order valence-electron chi connectivity index (χ4n) is 1.70. The Balaban J connectivity index is 2.15. The minimum absolute atomic E-state index is 0.0709. The van der Waals surface area contributed by atoms with Crippen molar-refractivity contribution in [2.24, 2.45) is 0 Å². The second kappa shape index (κ2) is 7.40. The lowest BCUT2D eigenvalue weighted by Gasteiger charge is -2.15. The third-order valence-electron chi connectivity index (χ3n) is 2.65. The van der Waals surface area contributed by atoms with E-state index in [9.17, 15) is 0 Å². The van der Waals surface area contributed by atoms with Crippen molar-refractivity contribution in [1.29, 1.82) is 0 Å². The van der Waals surface area contributed by atoms with Crippen molar-refractivity contribution in [3.8, 4) is 11.5 Å². The van der Waals surface area contributed by atoms with Gasteiger partial charge in [0.1, 0.15) is 13.4 Å². The van der Waals surface area contributed by atoms with Crippen LogP contribution in [0, 0.1) is 11.5 Å². The highest BCUT2D eigenvalue weighted by Gasteiger charge is 2.11. The standard InChI is InChI=1S/C18H21NSSi/c1-21(2,3)15-14-18(19-16-10-6-4-7-11-16)20-17-12-8-5-9-13-17/h4-13,18-19H,1-3H3. The van der Waals surface area contributed by atoms with Gasteiger partial charge in [0.2, 0.25) is 0 Å². The van der Waals surface area contributed by atoms with Crippen LogP contribution in [0.2, 0.25) is 19.6 Å². The minimum atomic E-state index is -1.37. The second-order valence-electron chi connectivity index (χ2n) is 5.84. The van der Waals surface area contributed by atoms with Gasteiger partial charge in [-0.15, -0.1) is 5.54 Å². The largest absolute Gasteiger partial charge is 0.363 e. The van der Waals surface area contributed by atoms with E-state index in [0.29, 0.717) is 0 Å². The number of anilines is 1. The molecule has 0 saturated heterocycles. The predicted octanol–water partition coefficient (Wildman–Crippen LogP) is 5.10. The van der Waals surface area contributed by atoms with Crippen LogP contribution < -0.4 is 5.32 Å². The lowest BCUT2D eigenvalue weighted by molar-refractivity contribution is 1.28. The summed E-state index contributed by atoms with van der Waals surface area (Å²) in [4.78, 5) is 1.23. The molecule has 0 heterocycles. The summed E-state index contributed by atoms with van der Waals surface area (Å²) >= 11 is 1.76. The van der Waals surface area contributed by atoms with E-state index in [1.54, 1.807) is 11.8 Å². The maximum atomic E-state index is 3.51. The molecule has 0 aliphatic rings. The number of hydrogen-bond donors (Lipinski definition) is 1. The third-order valence-corrected chi connectivity index (χ3v) is 4.56. The Morgan fingerprint density at radius 2 is 1.48 bits per heavy atom. The lowest BCUT2D eigenvalue weighted by Crippen LogP contribution is -2.19. The van der Waals surface area contributed by atoms with Crippen molar-refractivity contribution in [2.45, 2.75) is 29.9 Å². The quantitative estimate of drug-likeness (QED) is 0.365. The first-order valence-corrected chi connectivity index (χ1v) is 11.5. The molecule has 1 N–H and O–H groups in total. The van der Waals surface area contributed by atoms with Crippen molar-refractivity contribution in [3.05, 3.63) is 60.7 Å². The van der Waals surface area contributed by atoms with Crippen LogP contribution in [0.25, 0.3) is 0 Å². The zero-order valence-electron chi connectivity index (χ0n) is 12.8. The molecule has 1 atom stereocenters. The fraction of sp³-hybridized carbons (Fsp3) is 0.222. The number of para-hydroxylation sites is 1. The van der Waals surface area contributed by atoms with Crippen molar-refractivity contribution in [3.63, 3.8) is 0 Å². The molecule has 0 aliphatic heterocycles. The Hall–Kier alpha value is -1.63. The molecule has 2 aromatic rings. The molecule has 1 nitrogen and oxygen atoms in total. The zero-order valence-corrected chi connectivity index (χ0v) is 14.6. The van der Waals surface area contributed by atoms with Crippen LogP contribution in [0.4, 0.5) is 5.69 Å². The number of hydrogen-bond acceptors (Lipinski definition) is 2. The molecule has 0 amide bonds. The Morgan fingerprint density at radius 1 is 0.905 bits per heavy atom. The Labute approximate surface area is 133 Å². The Bertz CT molecular complexity index is 567. The molecule has 0 aromatic heterocycles. The summed E-state index contributed by atoms with van der Waals surface area (Å²) in [5, 5.41) is 3.58. The molecule has 0 aliphatic carbocycles. The molecule has 2 aromatic carbocycles. The van der Waals surface area contributed by atoms with E-state index in [-0.39, 0.29) is 5.37 Å². The first kappa shape index (κ1) is 15.8. The van der Waals surface area contributed by atoms with Gasteiger partial charge in [-0.05, 0) is 24.3 Å². The predicted molar refractivity (Wildman–Crippen MR) is 97.3 cm³/mol. The van der Waals surface area contributed by atoms with E-state index >= 15 is 0 Å². The van der Waals surface area contributed by atoms with Gasteiger partial charge < -0.3 is 5.32 Å². The highest BCUT2D eigenvalue weighted by Crippen LogP contribution is 2.24. The van der Waals surface area contributed by atoms with Crippen molar-refractivity contribution >= 4 is 25.5 Å². The molecule has 2 rings (SSSR count). The number of benzene rings is 2. The first-order chi connectivity index (χ1) is 10.0. The summed E-state index contributed by atoms with van der Waals surface area (Å²) in [6.07, 6.45) is 0. The second-order valence-corrected chi connectivity index (χ2v) is 11.8. The summed E-state index contributed by atoms with van der Waals surface area (Å²) in [6.45, 7) is 6.81. The Morgan fingerprint density at radius 3 is 2.05 bits per heavy atom. The van der Waals surface area contributed by atoms with Gasteiger partial charge in [-0.2, -0.15) is 0 Å². The summed E-state index contributed by atoms with van der Waals surface area (Å²) < 4.78 is 0. The Kier molecular flexibility index (Phi) is 5.55. The van der Waals surface area contributed by atoms with Crippen LogP contribution in [-0.2, 0) is 0 Å². The van der Waals surface area contributed by atoms with Gasteiger partial charge in [-0.1, -0.05) is 73.7 Å². The topological polar surface area (TPSA) is 12.0 Å². The van der Waals surface area contributed by atoms with Crippen molar-refractivity contribution in [2.75, 3.05) is 5.32 Å². The molecule has 0 radical (unpaired) electrons. The van der Waals surface area contributed by atoms with Crippen LogP contribution in [0.1, 0.15) is 0 Å². The molecule has 21 heavy (non-hydrogen) atoms. The summed E-state index contributed by atoms with van der Waals surface area (Å²) in [6, 6.07) is 20.7. The van der Waals surface area contributed by atoms with Gasteiger partial charge in [-0.3, -0.25) is 0 Å². The highest BCUT2D eigenvalue weighted by atomic mass is 32.2. The third kappa shape index (κ3) is 6.11. The summed E-state index contributed by atoms with van der Waals surface area (Å²) in [5.41, 5.74) is 4.58. The minimum Gasteiger partial charge on any atom is -0.363 e. The summed E-state index contributed by atoms with van der Waals surface area (Å²) in [7, 11) is -1.37. The van der Waals surface area contributed by atoms with Crippen LogP contribution in [0.3, 0.4) is 0 Å². The summed E-state index contributed by atoms with van der Waals surface area (Å²) in [5.74, 6) is 3.42. The molecule has 0 saturated carbocycles. The van der Waals surface area contributed by atoms with E-state index < -0.39 is 8.07 Å². The van der Waals surface area contributed by atoms with Crippen LogP contribution in [0.5, 0.6) is 0 Å². The fourth-order valence-corrected chi connectivity index (χ4v) is 3.28. The first-order valence-electron chi connectivity index (χ1n) is 7.09. The van der Waals surface area contributed by atoms with Crippen LogP contribution in [0.15, 0.2) is 65.6 Å². The van der Waals surface area contributed by atoms with E-state index in [2.05, 4.69) is 72.8 Å². The molecule has 0 bridgehead atoms. The molecule has 0 fully saturated rings. The number of rotatable bonds is 4. The molecule has 108 valence electrons. The number of nitrogens with one attached hydrogen (secondary N) is 1. The van der Waals surface area contributed by atoms with Gasteiger partial charge in [0.15, 0.2) is 0 Å². The zero-order chi connectivity index (χ0) is 15.1. The molecule has 1 unspecified atom stereocenters. The van der Waals surface area contributed by atoms with E-state index in [1.165, 1.54) is 4.90 Å². The van der Waals surface area contributed by atoms with Gasteiger partial charge >= 0.3 is 0 Å². The number of thioether (sulfide) groups is 1. The van der Waals surface area contributed by atoms with Gasteiger partial charge in [0.25, 0.3) is 0 Å². The molecule has 0 spiro atoms. The monoisotopic (exact) mass is 311 g/mol. The van der Waals surface area contributed by atoms with E-state index in [1.807, 2.05) is 24.3 Å². The molecular weight excluding hydrogens is 290 g/mol. The normalized spacial score (nSPS) is 12.1. The van der Waals surface area contributed by atoms with Crippen molar-refractivity contribution in [1.82, 2.24) is 0 Å². The average Bonchev–Trinajstić information content (AvgIpc) is 2.46. The smallest absolute Gasteiger partial charge is 0.139 e.